The molecule has 0 atom stereocenters. The van der Waals surface area contributed by atoms with Crippen molar-refractivity contribution in [1.82, 2.24) is 10.4 Å². The lowest BCUT2D eigenvalue weighted by molar-refractivity contribution is 0.0955. The summed E-state index contributed by atoms with van der Waals surface area (Å²) in [5.74, 6) is 5.51. The van der Waals surface area contributed by atoms with Crippen molar-refractivity contribution >= 4 is 16.8 Å². The van der Waals surface area contributed by atoms with Gasteiger partial charge < -0.3 is 0 Å². The van der Waals surface area contributed by atoms with Gasteiger partial charge in [0.05, 0.1) is 11.1 Å². The zero-order valence-electron chi connectivity index (χ0n) is 10.7. The Labute approximate surface area is 112 Å². The number of para-hydroxylation sites is 1. The van der Waals surface area contributed by atoms with Crippen LogP contribution in [0.4, 0.5) is 0 Å². The van der Waals surface area contributed by atoms with Crippen molar-refractivity contribution in [1.29, 1.82) is 0 Å². The number of hydrogen-bond acceptors (Lipinski definition) is 3. The molecule has 0 unspecified atom stereocenters. The number of nitrogen functional groups attached to an aromatic ring is 1. The number of nitrogens with one attached hydrogen (secondary N) is 1. The third kappa shape index (κ3) is 2.19. The number of nitrogens with zero attached hydrogens (tertiary/aromatic N) is 1. The van der Waals surface area contributed by atoms with Crippen molar-refractivity contribution in [3.05, 3.63) is 41.6 Å². The molecule has 0 saturated heterocycles. The number of carbonyl (C=O) groups excluding carboxylic acids is 1. The number of hydrazine groups is 1. The topological polar surface area (TPSA) is 68.0 Å². The van der Waals surface area contributed by atoms with Crippen molar-refractivity contribution < 1.29 is 4.79 Å². The quantitative estimate of drug-likeness (QED) is 0.492. The summed E-state index contributed by atoms with van der Waals surface area (Å²) in [4.78, 5) is 16.6. The van der Waals surface area contributed by atoms with E-state index in [2.05, 4.69) is 5.43 Å². The van der Waals surface area contributed by atoms with E-state index < -0.39 is 0 Å². The summed E-state index contributed by atoms with van der Waals surface area (Å²) in [7, 11) is 0. The van der Waals surface area contributed by atoms with E-state index in [0.717, 1.165) is 29.4 Å². The lowest BCUT2D eigenvalue weighted by Gasteiger charge is -2.12. The average Bonchev–Trinajstić information content (AvgIpc) is 2.99. The Morgan fingerprint density at radius 3 is 2.74 bits per heavy atom. The first kappa shape index (κ1) is 12.1. The number of aromatic nitrogens is 1. The van der Waals surface area contributed by atoms with Gasteiger partial charge in [-0.05, 0) is 25.0 Å². The second kappa shape index (κ2) is 4.97. The molecule has 19 heavy (non-hydrogen) atoms. The van der Waals surface area contributed by atoms with Gasteiger partial charge in [0.2, 0.25) is 0 Å². The second-order valence-corrected chi connectivity index (χ2v) is 5.07. The van der Waals surface area contributed by atoms with Crippen LogP contribution in [0.5, 0.6) is 0 Å². The van der Waals surface area contributed by atoms with E-state index >= 15 is 0 Å². The minimum Gasteiger partial charge on any atom is -0.290 e. The largest absolute Gasteiger partial charge is 0.290 e. The summed E-state index contributed by atoms with van der Waals surface area (Å²) in [5, 5.41) is 0.854. The molecule has 1 heterocycles. The van der Waals surface area contributed by atoms with Gasteiger partial charge in [-0.3, -0.25) is 15.2 Å². The molecule has 1 fully saturated rings. The van der Waals surface area contributed by atoms with Gasteiger partial charge in [-0.2, -0.15) is 0 Å². The van der Waals surface area contributed by atoms with Gasteiger partial charge in [-0.1, -0.05) is 31.0 Å². The maximum atomic E-state index is 11.9. The molecule has 3 rings (SSSR count). The molecule has 4 heteroatoms. The molecule has 1 saturated carbocycles. The van der Waals surface area contributed by atoms with Gasteiger partial charge >= 0.3 is 0 Å². The first-order valence-electron chi connectivity index (χ1n) is 6.70. The van der Waals surface area contributed by atoms with Crippen molar-refractivity contribution in [2.75, 3.05) is 0 Å². The molecule has 1 aromatic heterocycles. The Kier molecular flexibility index (Phi) is 3.17. The Bertz CT molecular complexity index is 618. The van der Waals surface area contributed by atoms with Crippen molar-refractivity contribution in [3.63, 3.8) is 0 Å². The molecule has 4 nitrogen and oxygen atoms in total. The van der Waals surface area contributed by atoms with Crippen LogP contribution < -0.4 is 11.3 Å². The smallest absolute Gasteiger partial charge is 0.265 e. The molecule has 1 aliphatic carbocycles. The van der Waals surface area contributed by atoms with Gasteiger partial charge in [-0.25, -0.2) is 5.84 Å². The molecule has 1 amide bonds. The lowest BCUT2D eigenvalue weighted by atomic mass is 9.99. The molecule has 2 aromatic rings. The average molecular weight is 255 g/mol. The van der Waals surface area contributed by atoms with E-state index in [0.29, 0.717) is 11.5 Å². The molecule has 1 aliphatic rings. The number of benzene rings is 1. The molecular formula is C15H17N3O. The third-order valence-corrected chi connectivity index (χ3v) is 3.89. The summed E-state index contributed by atoms with van der Waals surface area (Å²) in [6.07, 6.45) is 4.82. The number of amides is 1. The van der Waals surface area contributed by atoms with E-state index in [1.165, 1.54) is 12.8 Å². The summed E-state index contributed by atoms with van der Waals surface area (Å²) in [6, 6.07) is 9.61. The highest BCUT2D eigenvalue weighted by atomic mass is 16.2. The molecule has 0 spiro atoms. The predicted molar refractivity (Wildman–Crippen MR) is 74.6 cm³/mol. The Morgan fingerprint density at radius 2 is 2.00 bits per heavy atom. The van der Waals surface area contributed by atoms with Crippen LogP contribution in [0.2, 0.25) is 0 Å². The highest BCUT2D eigenvalue weighted by Crippen LogP contribution is 2.34. The molecule has 98 valence electrons. The van der Waals surface area contributed by atoms with Gasteiger partial charge in [0.25, 0.3) is 5.91 Å². The Hall–Kier alpha value is -1.94. The summed E-state index contributed by atoms with van der Waals surface area (Å²) in [6.45, 7) is 0. The van der Waals surface area contributed by atoms with Crippen molar-refractivity contribution in [3.8, 4) is 0 Å². The maximum Gasteiger partial charge on any atom is 0.265 e. The zero-order chi connectivity index (χ0) is 13.2. The van der Waals surface area contributed by atoms with Gasteiger partial charge in [0, 0.05) is 17.0 Å². The lowest BCUT2D eigenvalue weighted by Crippen LogP contribution is -2.30. The van der Waals surface area contributed by atoms with Crippen LogP contribution in [0.1, 0.15) is 47.7 Å². The first-order valence-corrected chi connectivity index (χ1v) is 6.70. The number of carbonyl (C=O) groups is 1. The normalized spacial score (nSPS) is 15.8. The highest BCUT2D eigenvalue weighted by molar-refractivity contribution is 6.06. The molecule has 3 N–H and O–H groups in total. The zero-order valence-corrected chi connectivity index (χ0v) is 10.7. The molecule has 1 aromatic carbocycles. The number of fused-ring (bicyclic) bond motifs is 1. The van der Waals surface area contributed by atoms with E-state index in [9.17, 15) is 4.79 Å². The minimum absolute atomic E-state index is 0.252. The highest BCUT2D eigenvalue weighted by Gasteiger charge is 2.21. The molecule has 0 aliphatic heterocycles. The molecule has 0 bridgehead atoms. The number of pyridine rings is 1. The first-order chi connectivity index (χ1) is 9.29. The number of nitrogens with two attached hydrogens (primary N) is 1. The van der Waals surface area contributed by atoms with Crippen molar-refractivity contribution in [2.24, 2.45) is 5.84 Å². The van der Waals surface area contributed by atoms with Crippen molar-refractivity contribution in [2.45, 2.75) is 31.6 Å². The maximum absolute atomic E-state index is 11.9. The van der Waals surface area contributed by atoms with E-state index in [1.54, 1.807) is 0 Å². The fourth-order valence-corrected chi connectivity index (χ4v) is 2.89. The van der Waals surface area contributed by atoms with Crippen LogP contribution in [0.15, 0.2) is 30.3 Å². The minimum atomic E-state index is -0.252. The predicted octanol–water partition coefficient (Wildman–Crippen LogP) is 2.50. The molecule has 0 radical (unpaired) electrons. The van der Waals surface area contributed by atoms with Crippen LogP contribution >= 0.6 is 0 Å². The van der Waals surface area contributed by atoms with E-state index in [4.69, 9.17) is 10.8 Å². The number of hydrogen-bond donors (Lipinski definition) is 2. The standard InChI is InChI=1S/C15H17N3O/c16-18-15(19)12-9-14(10-5-1-2-6-10)17-13-8-4-3-7-11(12)13/h3-4,7-10H,1-2,5-6,16H2,(H,18,19). The van der Waals surface area contributed by atoms with Gasteiger partial charge in [0.1, 0.15) is 0 Å². The van der Waals surface area contributed by atoms with Crippen LogP contribution in [-0.4, -0.2) is 10.9 Å². The fraction of sp³-hybridized carbons (Fsp3) is 0.333. The monoisotopic (exact) mass is 255 g/mol. The van der Waals surface area contributed by atoms with Gasteiger partial charge in [-0.15, -0.1) is 0 Å². The SMILES string of the molecule is NNC(=O)c1cc(C2CCCC2)nc2ccccc12. The van der Waals surface area contributed by atoms with Crippen LogP contribution in [0.3, 0.4) is 0 Å². The fourth-order valence-electron chi connectivity index (χ4n) is 2.89. The second-order valence-electron chi connectivity index (χ2n) is 5.07. The van der Waals surface area contributed by atoms with E-state index in [1.807, 2.05) is 30.3 Å². The van der Waals surface area contributed by atoms with Crippen LogP contribution in [0.25, 0.3) is 10.9 Å². The summed E-state index contributed by atoms with van der Waals surface area (Å²) in [5.41, 5.74) is 4.73. The third-order valence-electron chi connectivity index (χ3n) is 3.89. The van der Waals surface area contributed by atoms with Gasteiger partial charge in [0.15, 0.2) is 0 Å². The summed E-state index contributed by atoms with van der Waals surface area (Å²) >= 11 is 0. The number of rotatable bonds is 2. The Balaban J connectivity index is 2.17. The molecular weight excluding hydrogens is 238 g/mol. The van der Waals surface area contributed by atoms with Crippen LogP contribution in [0, 0.1) is 0 Å². The van der Waals surface area contributed by atoms with Crippen LogP contribution in [-0.2, 0) is 0 Å². The summed E-state index contributed by atoms with van der Waals surface area (Å²) < 4.78 is 0. The Morgan fingerprint density at radius 1 is 1.26 bits per heavy atom. The van der Waals surface area contributed by atoms with E-state index in [-0.39, 0.29) is 5.91 Å².